The third-order valence-electron chi connectivity index (χ3n) is 6.66. The van der Waals surface area contributed by atoms with Crippen LogP contribution in [0.3, 0.4) is 0 Å². The molecule has 6 heteroatoms. The third-order valence-corrected chi connectivity index (χ3v) is 6.66. The minimum Gasteiger partial charge on any atom is -0.354 e. The SMILES string of the molecule is Cl.O=C(NCCC1CCNC1)C1CC2CCCCC2N1C(=O)c1ccccc1. The van der Waals surface area contributed by atoms with E-state index < -0.39 is 0 Å². The first kappa shape index (κ1) is 21.1. The summed E-state index contributed by atoms with van der Waals surface area (Å²) < 4.78 is 0. The number of likely N-dealkylation sites (tertiary alicyclic amines) is 1. The zero-order chi connectivity index (χ0) is 18.6. The molecule has 0 spiro atoms. The Kier molecular flexibility index (Phi) is 7.36. The van der Waals surface area contributed by atoms with Crippen LogP contribution >= 0.6 is 12.4 Å². The van der Waals surface area contributed by atoms with Gasteiger partial charge in [-0.1, -0.05) is 31.0 Å². The van der Waals surface area contributed by atoms with E-state index in [1.807, 2.05) is 35.2 Å². The lowest BCUT2D eigenvalue weighted by atomic mass is 9.84. The summed E-state index contributed by atoms with van der Waals surface area (Å²) in [7, 11) is 0. The fraction of sp³-hybridized carbons (Fsp3) is 0.636. The molecule has 0 bridgehead atoms. The largest absolute Gasteiger partial charge is 0.354 e. The van der Waals surface area contributed by atoms with Gasteiger partial charge in [0.05, 0.1) is 0 Å². The smallest absolute Gasteiger partial charge is 0.254 e. The van der Waals surface area contributed by atoms with Crippen molar-refractivity contribution in [2.24, 2.45) is 11.8 Å². The topological polar surface area (TPSA) is 61.4 Å². The normalized spacial score (nSPS) is 29.1. The van der Waals surface area contributed by atoms with Gasteiger partial charge in [0.25, 0.3) is 5.91 Å². The highest BCUT2D eigenvalue weighted by Gasteiger charge is 2.47. The standard InChI is InChI=1S/C22H31N3O2.ClH/c26-21(24-13-11-16-10-12-23-15-16)20-14-18-8-4-5-9-19(18)25(20)22(27)17-6-2-1-3-7-17;/h1-3,6-7,16,18-20,23H,4-5,8-15H2,(H,24,26);1H. The van der Waals surface area contributed by atoms with E-state index in [-0.39, 0.29) is 36.3 Å². The molecule has 0 aromatic heterocycles. The van der Waals surface area contributed by atoms with E-state index in [0.717, 1.165) is 45.2 Å². The van der Waals surface area contributed by atoms with E-state index in [1.54, 1.807) is 0 Å². The summed E-state index contributed by atoms with van der Waals surface area (Å²) in [4.78, 5) is 28.1. The molecule has 4 unspecified atom stereocenters. The molecule has 2 amide bonds. The van der Waals surface area contributed by atoms with E-state index in [9.17, 15) is 9.59 Å². The maximum absolute atomic E-state index is 13.2. The van der Waals surface area contributed by atoms with Gasteiger partial charge in [0.2, 0.25) is 5.91 Å². The van der Waals surface area contributed by atoms with Crippen LogP contribution in [0.5, 0.6) is 0 Å². The quantitative estimate of drug-likeness (QED) is 0.791. The Labute approximate surface area is 174 Å². The lowest BCUT2D eigenvalue weighted by Gasteiger charge is -2.33. The number of carbonyl (C=O) groups is 2. The predicted molar refractivity (Wildman–Crippen MR) is 113 cm³/mol. The molecule has 3 fully saturated rings. The minimum absolute atomic E-state index is 0. The van der Waals surface area contributed by atoms with Crippen LogP contribution in [0.1, 0.15) is 55.3 Å². The number of carbonyl (C=O) groups excluding carboxylic acids is 2. The second-order valence-corrected chi connectivity index (χ2v) is 8.38. The molecule has 2 aliphatic heterocycles. The van der Waals surface area contributed by atoms with Gasteiger partial charge in [0.15, 0.2) is 0 Å². The molecule has 3 aliphatic rings. The van der Waals surface area contributed by atoms with Gasteiger partial charge in [-0.3, -0.25) is 9.59 Å². The van der Waals surface area contributed by atoms with Gasteiger partial charge in [-0.15, -0.1) is 12.4 Å². The van der Waals surface area contributed by atoms with Crippen LogP contribution in [0.25, 0.3) is 0 Å². The van der Waals surface area contributed by atoms with Crippen molar-refractivity contribution in [3.05, 3.63) is 35.9 Å². The molecule has 4 atom stereocenters. The van der Waals surface area contributed by atoms with Crippen molar-refractivity contribution in [1.29, 1.82) is 0 Å². The van der Waals surface area contributed by atoms with Gasteiger partial charge in [0, 0.05) is 18.2 Å². The van der Waals surface area contributed by atoms with Crippen LogP contribution in [-0.4, -0.2) is 48.4 Å². The number of rotatable bonds is 5. The summed E-state index contributed by atoms with van der Waals surface area (Å²) in [5.41, 5.74) is 0.693. The molecule has 2 N–H and O–H groups in total. The summed E-state index contributed by atoms with van der Waals surface area (Å²) in [6, 6.07) is 9.35. The number of hydrogen-bond acceptors (Lipinski definition) is 3. The second-order valence-electron chi connectivity index (χ2n) is 8.38. The molecule has 2 saturated heterocycles. The number of hydrogen-bond donors (Lipinski definition) is 2. The molecular formula is C22H32ClN3O2. The monoisotopic (exact) mass is 405 g/mol. The molecule has 2 heterocycles. The summed E-state index contributed by atoms with van der Waals surface area (Å²) in [5, 5.41) is 6.51. The predicted octanol–water partition coefficient (Wildman–Crippen LogP) is 3.00. The number of nitrogens with one attached hydrogen (secondary N) is 2. The Morgan fingerprint density at radius 3 is 2.64 bits per heavy atom. The fourth-order valence-electron chi connectivity index (χ4n) is 5.19. The number of benzene rings is 1. The van der Waals surface area contributed by atoms with Crippen LogP contribution in [0.2, 0.25) is 0 Å². The molecule has 1 saturated carbocycles. The zero-order valence-electron chi connectivity index (χ0n) is 16.4. The molecule has 5 nitrogen and oxygen atoms in total. The Balaban J connectivity index is 0.00000225. The summed E-state index contributed by atoms with van der Waals surface area (Å²) in [6.45, 7) is 2.86. The van der Waals surface area contributed by atoms with Gasteiger partial charge in [-0.25, -0.2) is 0 Å². The van der Waals surface area contributed by atoms with Crippen LogP contribution < -0.4 is 10.6 Å². The number of halogens is 1. The maximum atomic E-state index is 13.2. The van der Waals surface area contributed by atoms with E-state index in [0.29, 0.717) is 23.9 Å². The fourth-order valence-corrected chi connectivity index (χ4v) is 5.19. The molecule has 1 aromatic rings. The number of fused-ring (bicyclic) bond motifs is 1. The molecule has 1 aliphatic carbocycles. The highest BCUT2D eigenvalue weighted by Crippen LogP contribution is 2.40. The first-order valence-corrected chi connectivity index (χ1v) is 10.6. The van der Waals surface area contributed by atoms with Gasteiger partial charge >= 0.3 is 0 Å². The second kappa shape index (κ2) is 9.75. The van der Waals surface area contributed by atoms with Crippen LogP contribution in [0.15, 0.2) is 30.3 Å². The first-order chi connectivity index (χ1) is 13.2. The van der Waals surface area contributed by atoms with Crippen LogP contribution in [-0.2, 0) is 4.79 Å². The molecule has 1 aromatic carbocycles. The Bertz CT molecular complexity index is 663. The highest BCUT2D eigenvalue weighted by atomic mass is 35.5. The van der Waals surface area contributed by atoms with Gasteiger partial charge in [-0.05, 0) is 69.2 Å². The zero-order valence-corrected chi connectivity index (χ0v) is 17.3. The Morgan fingerprint density at radius 1 is 1.11 bits per heavy atom. The molecular weight excluding hydrogens is 374 g/mol. The number of nitrogens with zero attached hydrogens (tertiary/aromatic N) is 1. The molecule has 28 heavy (non-hydrogen) atoms. The van der Waals surface area contributed by atoms with Crippen molar-refractivity contribution in [3.8, 4) is 0 Å². The van der Waals surface area contributed by atoms with Crippen molar-refractivity contribution in [2.45, 2.75) is 57.0 Å². The van der Waals surface area contributed by atoms with Gasteiger partial charge < -0.3 is 15.5 Å². The van der Waals surface area contributed by atoms with Crippen LogP contribution in [0.4, 0.5) is 0 Å². The average Bonchev–Trinajstić information content (AvgIpc) is 3.35. The summed E-state index contributed by atoms with van der Waals surface area (Å²) in [5.74, 6) is 1.20. The maximum Gasteiger partial charge on any atom is 0.254 e. The van der Waals surface area contributed by atoms with Crippen molar-refractivity contribution < 1.29 is 9.59 Å². The summed E-state index contributed by atoms with van der Waals surface area (Å²) in [6.07, 6.45) is 7.58. The highest BCUT2D eigenvalue weighted by molar-refractivity contribution is 5.98. The Morgan fingerprint density at radius 2 is 1.89 bits per heavy atom. The van der Waals surface area contributed by atoms with Gasteiger partial charge in [-0.2, -0.15) is 0 Å². The van der Waals surface area contributed by atoms with Crippen molar-refractivity contribution in [3.63, 3.8) is 0 Å². The summed E-state index contributed by atoms with van der Waals surface area (Å²) >= 11 is 0. The molecule has 0 radical (unpaired) electrons. The lowest BCUT2D eigenvalue weighted by Crippen LogP contribution is -2.49. The van der Waals surface area contributed by atoms with E-state index in [1.165, 1.54) is 12.8 Å². The van der Waals surface area contributed by atoms with E-state index in [4.69, 9.17) is 0 Å². The first-order valence-electron chi connectivity index (χ1n) is 10.6. The van der Waals surface area contributed by atoms with Crippen molar-refractivity contribution in [2.75, 3.05) is 19.6 Å². The van der Waals surface area contributed by atoms with Crippen molar-refractivity contribution >= 4 is 24.2 Å². The third kappa shape index (κ3) is 4.52. The molecule has 154 valence electrons. The minimum atomic E-state index is -0.312. The van der Waals surface area contributed by atoms with E-state index >= 15 is 0 Å². The van der Waals surface area contributed by atoms with Crippen molar-refractivity contribution in [1.82, 2.24) is 15.5 Å². The number of amides is 2. The molecule has 4 rings (SSSR count). The van der Waals surface area contributed by atoms with Gasteiger partial charge in [0.1, 0.15) is 6.04 Å². The lowest BCUT2D eigenvalue weighted by molar-refractivity contribution is -0.125. The van der Waals surface area contributed by atoms with E-state index in [2.05, 4.69) is 10.6 Å². The Hall–Kier alpha value is -1.59. The average molecular weight is 406 g/mol. The van der Waals surface area contributed by atoms with Crippen LogP contribution in [0, 0.1) is 11.8 Å².